The van der Waals surface area contributed by atoms with Crippen molar-refractivity contribution in [1.82, 2.24) is 14.9 Å². The monoisotopic (exact) mass is 369 g/mol. The number of rotatable bonds is 6. The Balaban J connectivity index is 2.28. The average molecular weight is 370 g/mol. The second-order valence-electron chi connectivity index (χ2n) is 6.67. The van der Waals surface area contributed by atoms with Gasteiger partial charge in [-0.15, -0.1) is 0 Å². The second-order valence-corrected chi connectivity index (χ2v) is 8.42. The molecule has 1 N–H and O–H groups in total. The van der Waals surface area contributed by atoms with Gasteiger partial charge in [0.2, 0.25) is 5.91 Å². The molecule has 0 saturated heterocycles. The van der Waals surface area contributed by atoms with E-state index >= 15 is 0 Å². The molecule has 1 atom stereocenters. The number of ether oxygens (including phenoxy) is 1. The molecule has 24 heavy (non-hydrogen) atoms. The maximum Gasteiger partial charge on any atom is 0.233 e. The van der Waals surface area contributed by atoms with Crippen LogP contribution >= 0.6 is 23.4 Å². The zero-order valence-electron chi connectivity index (χ0n) is 14.7. The van der Waals surface area contributed by atoms with Gasteiger partial charge in [0.1, 0.15) is 0 Å². The van der Waals surface area contributed by atoms with Crippen LogP contribution in [0.4, 0.5) is 0 Å². The molecule has 1 aromatic heterocycles. The highest BCUT2D eigenvalue weighted by Gasteiger charge is 2.22. The van der Waals surface area contributed by atoms with E-state index in [4.69, 9.17) is 16.3 Å². The summed E-state index contributed by atoms with van der Waals surface area (Å²) >= 11 is 7.51. The van der Waals surface area contributed by atoms with Gasteiger partial charge in [0.15, 0.2) is 5.16 Å². The number of fused-ring (bicyclic) bond motifs is 1. The highest BCUT2D eigenvalue weighted by molar-refractivity contribution is 8.00. The van der Waals surface area contributed by atoms with Crippen molar-refractivity contribution in [3.63, 3.8) is 0 Å². The summed E-state index contributed by atoms with van der Waals surface area (Å²) in [6.07, 6.45) is 0. The first-order chi connectivity index (χ1) is 11.2. The van der Waals surface area contributed by atoms with Crippen LogP contribution in [-0.4, -0.2) is 40.0 Å². The summed E-state index contributed by atoms with van der Waals surface area (Å²) in [5.41, 5.74) is 1.56. The number of methoxy groups -OCH3 is 1. The van der Waals surface area contributed by atoms with Gasteiger partial charge in [0.05, 0.1) is 22.9 Å². The number of amides is 1. The maximum absolute atomic E-state index is 12.3. The van der Waals surface area contributed by atoms with E-state index in [1.807, 2.05) is 45.9 Å². The number of imidazole rings is 1. The van der Waals surface area contributed by atoms with E-state index in [9.17, 15) is 4.79 Å². The molecule has 0 spiro atoms. The van der Waals surface area contributed by atoms with Crippen molar-refractivity contribution < 1.29 is 9.53 Å². The van der Waals surface area contributed by atoms with Gasteiger partial charge in [-0.3, -0.25) is 4.79 Å². The van der Waals surface area contributed by atoms with Crippen LogP contribution in [0.1, 0.15) is 27.7 Å². The van der Waals surface area contributed by atoms with Crippen molar-refractivity contribution in [2.45, 2.75) is 50.2 Å². The zero-order valence-corrected chi connectivity index (χ0v) is 16.3. The van der Waals surface area contributed by atoms with Gasteiger partial charge in [0.25, 0.3) is 0 Å². The maximum atomic E-state index is 12.3. The van der Waals surface area contributed by atoms with Crippen molar-refractivity contribution >= 4 is 40.3 Å². The Hall–Kier alpha value is -1.24. The Morgan fingerprint density at radius 3 is 2.79 bits per heavy atom. The molecule has 0 saturated carbocycles. The Kier molecular flexibility index (Phi) is 6.17. The number of carbonyl (C=O) groups is 1. The van der Waals surface area contributed by atoms with Crippen molar-refractivity contribution in [2.75, 3.05) is 13.7 Å². The van der Waals surface area contributed by atoms with Gasteiger partial charge in [-0.2, -0.15) is 0 Å². The molecular weight excluding hydrogens is 346 g/mol. The number of hydrogen-bond donors (Lipinski definition) is 1. The molecule has 0 fully saturated rings. The minimum atomic E-state index is -0.254. The second kappa shape index (κ2) is 7.76. The van der Waals surface area contributed by atoms with Crippen LogP contribution in [0, 0.1) is 0 Å². The Morgan fingerprint density at radius 2 is 2.17 bits per heavy atom. The molecule has 0 radical (unpaired) electrons. The lowest BCUT2D eigenvalue weighted by atomic mass is 10.1. The van der Waals surface area contributed by atoms with E-state index in [0.29, 0.717) is 18.2 Å². The fourth-order valence-corrected chi connectivity index (χ4v) is 3.37. The predicted molar refractivity (Wildman–Crippen MR) is 99.8 cm³/mol. The zero-order chi connectivity index (χ0) is 17.9. The van der Waals surface area contributed by atoms with E-state index in [-0.39, 0.29) is 16.7 Å². The average Bonchev–Trinajstić information content (AvgIpc) is 2.79. The third-order valence-corrected chi connectivity index (χ3v) is 4.67. The molecule has 0 aliphatic heterocycles. The first kappa shape index (κ1) is 19.1. The SMILES string of the molecule is COCCn1c(SC(C)C(=O)NC(C)(C)C)nc2cc(Cl)ccc21. The molecule has 0 bridgehead atoms. The van der Waals surface area contributed by atoms with Gasteiger partial charge in [0, 0.05) is 24.2 Å². The summed E-state index contributed by atoms with van der Waals surface area (Å²) in [4.78, 5) is 17.0. The topological polar surface area (TPSA) is 56.1 Å². The number of hydrogen-bond acceptors (Lipinski definition) is 4. The lowest BCUT2D eigenvalue weighted by molar-refractivity contribution is -0.121. The molecule has 7 heteroatoms. The normalized spacial score (nSPS) is 13.2. The summed E-state index contributed by atoms with van der Waals surface area (Å²) in [5.74, 6) is -0.00381. The lowest BCUT2D eigenvalue weighted by Crippen LogP contribution is -2.44. The van der Waals surface area contributed by atoms with Crippen molar-refractivity contribution in [3.8, 4) is 0 Å². The molecule has 1 unspecified atom stereocenters. The summed E-state index contributed by atoms with van der Waals surface area (Å²) in [6.45, 7) is 9.04. The van der Waals surface area contributed by atoms with E-state index in [0.717, 1.165) is 16.2 Å². The summed E-state index contributed by atoms with van der Waals surface area (Å²) in [6, 6.07) is 5.63. The number of thioether (sulfide) groups is 1. The minimum absolute atomic E-state index is 0.00381. The van der Waals surface area contributed by atoms with Crippen LogP contribution in [0.5, 0.6) is 0 Å². The minimum Gasteiger partial charge on any atom is -0.383 e. The first-order valence-electron chi connectivity index (χ1n) is 7.84. The predicted octanol–water partition coefficient (Wildman–Crippen LogP) is 3.73. The van der Waals surface area contributed by atoms with Gasteiger partial charge < -0.3 is 14.6 Å². The fraction of sp³-hybridized carbons (Fsp3) is 0.529. The van der Waals surface area contributed by atoms with E-state index in [1.165, 1.54) is 11.8 Å². The summed E-state index contributed by atoms with van der Waals surface area (Å²) in [5, 5.41) is 4.19. The number of benzene rings is 1. The van der Waals surface area contributed by atoms with E-state index in [2.05, 4.69) is 14.9 Å². The van der Waals surface area contributed by atoms with Gasteiger partial charge in [-0.25, -0.2) is 4.98 Å². The summed E-state index contributed by atoms with van der Waals surface area (Å²) < 4.78 is 7.27. The van der Waals surface area contributed by atoms with Crippen LogP contribution in [0.25, 0.3) is 11.0 Å². The molecular formula is C17H24ClN3O2S. The quantitative estimate of drug-likeness (QED) is 0.788. The Labute approximate surface area is 152 Å². The number of aromatic nitrogens is 2. The molecule has 1 heterocycles. The van der Waals surface area contributed by atoms with Gasteiger partial charge in [-0.1, -0.05) is 23.4 Å². The molecule has 1 amide bonds. The summed E-state index contributed by atoms with van der Waals surface area (Å²) in [7, 11) is 1.67. The van der Waals surface area contributed by atoms with Crippen LogP contribution in [0.3, 0.4) is 0 Å². The molecule has 2 rings (SSSR count). The lowest BCUT2D eigenvalue weighted by Gasteiger charge is -2.23. The number of halogens is 1. The van der Waals surface area contributed by atoms with Crippen LogP contribution < -0.4 is 5.32 Å². The third kappa shape index (κ3) is 4.88. The van der Waals surface area contributed by atoms with Crippen molar-refractivity contribution in [3.05, 3.63) is 23.2 Å². The molecule has 2 aromatic rings. The first-order valence-corrected chi connectivity index (χ1v) is 9.10. The largest absolute Gasteiger partial charge is 0.383 e. The molecule has 5 nitrogen and oxygen atoms in total. The third-order valence-electron chi connectivity index (χ3n) is 3.34. The molecule has 0 aliphatic carbocycles. The van der Waals surface area contributed by atoms with Crippen LogP contribution in [-0.2, 0) is 16.1 Å². The highest BCUT2D eigenvalue weighted by Crippen LogP contribution is 2.29. The van der Waals surface area contributed by atoms with E-state index in [1.54, 1.807) is 7.11 Å². The number of carbonyl (C=O) groups excluding carboxylic acids is 1. The number of nitrogens with one attached hydrogen (secondary N) is 1. The van der Waals surface area contributed by atoms with Crippen LogP contribution in [0.15, 0.2) is 23.4 Å². The fourth-order valence-electron chi connectivity index (χ4n) is 2.25. The standard InChI is InChI=1S/C17H24ClN3O2S/c1-11(15(22)20-17(2,3)4)24-16-19-13-10-12(18)6-7-14(13)21(16)8-9-23-5/h6-7,10-11H,8-9H2,1-5H3,(H,20,22). The number of nitrogens with zero attached hydrogens (tertiary/aromatic N) is 2. The van der Waals surface area contributed by atoms with Crippen molar-refractivity contribution in [2.24, 2.45) is 0 Å². The van der Waals surface area contributed by atoms with E-state index < -0.39 is 0 Å². The highest BCUT2D eigenvalue weighted by atomic mass is 35.5. The van der Waals surface area contributed by atoms with Crippen molar-refractivity contribution in [1.29, 1.82) is 0 Å². The van der Waals surface area contributed by atoms with Gasteiger partial charge in [-0.05, 0) is 45.9 Å². The Bertz CT molecular complexity index is 724. The molecule has 0 aliphatic rings. The Morgan fingerprint density at radius 1 is 1.46 bits per heavy atom. The molecule has 1 aromatic carbocycles. The smallest absolute Gasteiger partial charge is 0.233 e. The molecule has 132 valence electrons. The van der Waals surface area contributed by atoms with Crippen LogP contribution in [0.2, 0.25) is 5.02 Å². The van der Waals surface area contributed by atoms with Gasteiger partial charge >= 0.3 is 0 Å².